The van der Waals surface area contributed by atoms with Gasteiger partial charge in [0.2, 0.25) is 0 Å². The number of nitrogens with two attached hydrogens (primary N) is 1. The van der Waals surface area contributed by atoms with Crippen LogP contribution < -0.4 is 10.5 Å². The maximum atomic E-state index is 6.02. The minimum atomic E-state index is -0.133. The molecule has 1 aliphatic heterocycles. The molecule has 21 heavy (non-hydrogen) atoms. The van der Waals surface area contributed by atoms with Crippen molar-refractivity contribution >= 4 is 11.6 Å². The fourth-order valence-corrected chi connectivity index (χ4v) is 2.80. The van der Waals surface area contributed by atoms with Gasteiger partial charge in [0.05, 0.1) is 0 Å². The van der Waals surface area contributed by atoms with E-state index in [0.29, 0.717) is 11.6 Å². The standard InChI is InChI=1S/C15H19ClN4O/c1-10(17)12-8-11(16)5-6-13(12)21-9-15-19-18-14-4-2-3-7-20(14)15/h5-6,8,10H,2-4,7,9,17H2,1H3/t10-/m1/s1. The van der Waals surface area contributed by atoms with Gasteiger partial charge in [-0.05, 0) is 38.0 Å². The van der Waals surface area contributed by atoms with Crippen molar-refractivity contribution in [1.82, 2.24) is 14.8 Å². The molecule has 1 aromatic heterocycles. The molecule has 6 heteroatoms. The highest BCUT2D eigenvalue weighted by Gasteiger charge is 2.17. The number of hydrogen-bond donors (Lipinski definition) is 1. The first-order valence-corrected chi connectivity index (χ1v) is 7.61. The van der Waals surface area contributed by atoms with Crippen LogP contribution in [0.3, 0.4) is 0 Å². The van der Waals surface area contributed by atoms with E-state index in [1.54, 1.807) is 0 Å². The average Bonchev–Trinajstić information content (AvgIpc) is 2.89. The van der Waals surface area contributed by atoms with Crippen molar-refractivity contribution in [2.45, 2.75) is 45.4 Å². The van der Waals surface area contributed by atoms with Gasteiger partial charge in [-0.1, -0.05) is 11.6 Å². The highest BCUT2D eigenvalue weighted by molar-refractivity contribution is 6.30. The van der Waals surface area contributed by atoms with Crippen molar-refractivity contribution in [3.63, 3.8) is 0 Å². The largest absolute Gasteiger partial charge is 0.485 e. The SMILES string of the molecule is C[C@@H](N)c1cc(Cl)ccc1OCc1nnc2n1CCCC2. The summed E-state index contributed by atoms with van der Waals surface area (Å²) in [6.45, 7) is 3.29. The number of fused-ring (bicyclic) bond motifs is 1. The number of aromatic nitrogens is 3. The van der Waals surface area contributed by atoms with Crippen molar-refractivity contribution in [2.75, 3.05) is 0 Å². The third-order valence-corrected chi connectivity index (χ3v) is 3.99. The van der Waals surface area contributed by atoms with Crippen molar-refractivity contribution in [3.8, 4) is 5.75 Å². The van der Waals surface area contributed by atoms with Crippen LogP contribution in [0.25, 0.3) is 0 Å². The maximum Gasteiger partial charge on any atom is 0.171 e. The summed E-state index contributed by atoms with van der Waals surface area (Å²) < 4.78 is 8.06. The first-order valence-electron chi connectivity index (χ1n) is 7.24. The zero-order chi connectivity index (χ0) is 14.8. The Hall–Kier alpha value is -1.59. The van der Waals surface area contributed by atoms with Crippen molar-refractivity contribution < 1.29 is 4.74 Å². The van der Waals surface area contributed by atoms with E-state index in [2.05, 4.69) is 14.8 Å². The fourth-order valence-electron chi connectivity index (χ4n) is 2.62. The van der Waals surface area contributed by atoms with E-state index >= 15 is 0 Å². The molecule has 0 saturated carbocycles. The average molecular weight is 307 g/mol. The van der Waals surface area contributed by atoms with Gasteiger partial charge in [0, 0.05) is 29.6 Å². The molecule has 2 N–H and O–H groups in total. The van der Waals surface area contributed by atoms with Crippen molar-refractivity contribution in [2.24, 2.45) is 5.73 Å². The smallest absolute Gasteiger partial charge is 0.171 e. The minimum Gasteiger partial charge on any atom is -0.485 e. The van der Waals surface area contributed by atoms with Gasteiger partial charge in [-0.2, -0.15) is 0 Å². The molecular formula is C15H19ClN4O. The molecule has 0 spiro atoms. The summed E-state index contributed by atoms with van der Waals surface area (Å²) in [6.07, 6.45) is 3.36. The lowest BCUT2D eigenvalue weighted by atomic mass is 10.1. The van der Waals surface area contributed by atoms with E-state index in [1.807, 2.05) is 25.1 Å². The molecule has 5 nitrogen and oxygen atoms in total. The molecule has 1 aromatic carbocycles. The summed E-state index contributed by atoms with van der Waals surface area (Å²) >= 11 is 6.02. The molecule has 0 unspecified atom stereocenters. The summed E-state index contributed by atoms with van der Waals surface area (Å²) in [6, 6.07) is 5.38. The third kappa shape index (κ3) is 3.04. The molecular weight excluding hydrogens is 288 g/mol. The second-order valence-corrected chi connectivity index (χ2v) is 5.84. The summed E-state index contributed by atoms with van der Waals surface area (Å²) in [7, 11) is 0. The maximum absolute atomic E-state index is 6.02. The summed E-state index contributed by atoms with van der Waals surface area (Å²) in [5.74, 6) is 2.68. The van der Waals surface area contributed by atoms with E-state index in [1.165, 1.54) is 12.8 Å². The summed E-state index contributed by atoms with van der Waals surface area (Å²) in [5, 5.41) is 9.12. The van der Waals surface area contributed by atoms with Crippen LogP contribution in [0.2, 0.25) is 5.02 Å². The predicted octanol–water partition coefficient (Wildman–Crippen LogP) is 2.87. The zero-order valence-electron chi connectivity index (χ0n) is 12.1. The highest BCUT2D eigenvalue weighted by atomic mass is 35.5. The molecule has 0 aliphatic carbocycles. The fraction of sp³-hybridized carbons (Fsp3) is 0.467. The van der Waals surface area contributed by atoms with Gasteiger partial charge in [-0.25, -0.2) is 0 Å². The Morgan fingerprint density at radius 2 is 2.24 bits per heavy atom. The molecule has 1 aliphatic rings. The number of aryl methyl sites for hydroxylation is 1. The van der Waals surface area contributed by atoms with Crippen LogP contribution in [-0.4, -0.2) is 14.8 Å². The van der Waals surface area contributed by atoms with Crippen LogP contribution in [0.15, 0.2) is 18.2 Å². The Kier molecular flexibility index (Phi) is 4.12. The Morgan fingerprint density at radius 3 is 3.05 bits per heavy atom. The monoisotopic (exact) mass is 306 g/mol. The normalized spacial score (nSPS) is 15.6. The molecule has 0 saturated heterocycles. The molecule has 0 radical (unpaired) electrons. The van der Waals surface area contributed by atoms with Crippen LogP contribution in [0.1, 0.15) is 43.0 Å². The molecule has 1 atom stereocenters. The Morgan fingerprint density at radius 1 is 1.38 bits per heavy atom. The van der Waals surface area contributed by atoms with E-state index < -0.39 is 0 Å². The summed E-state index contributed by atoms with van der Waals surface area (Å²) in [4.78, 5) is 0. The molecule has 2 aromatic rings. The Labute approximate surface area is 129 Å². The first kappa shape index (κ1) is 14.4. The highest BCUT2D eigenvalue weighted by Crippen LogP contribution is 2.28. The van der Waals surface area contributed by atoms with Crippen LogP contribution in [0.4, 0.5) is 0 Å². The van der Waals surface area contributed by atoms with Crippen LogP contribution >= 0.6 is 11.6 Å². The van der Waals surface area contributed by atoms with Gasteiger partial charge in [0.1, 0.15) is 18.2 Å². The second-order valence-electron chi connectivity index (χ2n) is 5.40. The molecule has 0 amide bonds. The number of ether oxygens (including phenoxy) is 1. The topological polar surface area (TPSA) is 66.0 Å². The van der Waals surface area contributed by atoms with Gasteiger partial charge in [-0.3, -0.25) is 0 Å². The number of benzene rings is 1. The van der Waals surface area contributed by atoms with Crippen LogP contribution in [0, 0.1) is 0 Å². The number of nitrogens with zero attached hydrogens (tertiary/aromatic N) is 3. The van der Waals surface area contributed by atoms with E-state index in [0.717, 1.165) is 35.9 Å². The van der Waals surface area contributed by atoms with Crippen LogP contribution in [0.5, 0.6) is 5.75 Å². The lowest BCUT2D eigenvalue weighted by Crippen LogP contribution is -2.15. The Bertz CT molecular complexity index is 639. The Balaban J connectivity index is 1.77. The van der Waals surface area contributed by atoms with Gasteiger partial charge < -0.3 is 15.0 Å². The molecule has 0 bridgehead atoms. The summed E-state index contributed by atoms with van der Waals surface area (Å²) in [5.41, 5.74) is 6.87. The van der Waals surface area contributed by atoms with Gasteiger partial charge in [0.25, 0.3) is 0 Å². The lowest BCUT2D eigenvalue weighted by Gasteiger charge is -2.17. The second kappa shape index (κ2) is 6.03. The van der Waals surface area contributed by atoms with E-state index in [-0.39, 0.29) is 6.04 Å². The molecule has 0 fully saturated rings. The van der Waals surface area contributed by atoms with Crippen molar-refractivity contribution in [1.29, 1.82) is 0 Å². The predicted molar refractivity (Wildman–Crippen MR) is 81.3 cm³/mol. The van der Waals surface area contributed by atoms with Gasteiger partial charge in [-0.15, -0.1) is 10.2 Å². The number of hydrogen-bond acceptors (Lipinski definition) is 4. The quantitative estimate of drug-likeness (QED) is 0.943. The zero-order valence-corrected chi connectivity index (χ0v) is 12.8. The van der Waals surface area contributed by atoms with E-state index in [4.69, 9.17) is 22.1 Å². The molecule has 3 rings (SSSR count). The molecule has 2 heterocycles. The van der Waals surface area contributed by atoms with E-state index in [9.17, 15) is 0 Å². The molecule has 112 valence electrons. The number of rotatable bonds is 4. The van der Waals surface area contributed by atoms with Gasteiger partial charge in [0.15, 0.2) is 5.82 Å². The van der Waals surface area contributed by atoms with Crippen LogP contribution in [-0.2, 0) is 19.6 Å². The van der Waals surface area contributed by atoms with Gasteiger partial charge >= 0.3 is 0 Å². The van der Waals surface area contributed by atoms with Crippen molar-refractivity contribution in [3.05, 3.63) is 40.4 Å². The number of halogens is 1. The first-order chi connectivity index (χ1) is 10.1. The lowest BCUT2D eigenvalue weighted by molar-refractivity contribution is 0.282. The third-order valence-electron chi connectivity index (χ3n) is 3.76. The minimum absolute atomic E-state index is 0.133.